The molecule has 7 heteroatoms. The van der Waals surface area contributed by atoms with Crippen molar-refractivity contribution in [2.24, 2.45) is 7.05 Å². The first kappa shape index (κ1) is 15.1. The maximum Gasteiger partial charge on any atom is 0.272 e. The minimum Gasteiger partial charge on any atom is -0.297 e. The Balaban J connectivity index is 1.47. The van der Waals surface area contributed by atoms with Crippen molar-refractivity contribution in [2.45, 2.75) is 32.2 Å². The fourth-order valence-electron chi connectivity index (χ4n) is 3.51. The molecule has 1 fully saturated rings. The molecule has 0 aromatic carbocycles. The smallest absolute Gasteiger partial charge is 0.272 e. The Labute approximate surface area is 139 Å². The fourth-order valence-corrected chi connectivity index (χ4v) is 3.51. The van der Waals surface area contributed by atoms with Crippen molar-refractivity contribution in [1.82, 2.24) is 29.3 Å². The first-order valence-corrected chi connectivity index (χ1v) is 8.39. The van der Waals surface area contributed by atoms with Crippen LogP contribution in [-0.2, 0) is 13.6 Å². The molecule has 1 aliphatic rings. The second-order valence-corrected chi connectivity index (χ2v) is 6.65. The maximum atomic E-state index is 12.2. The van der Waals surface area contributed by atoms with E-state index in [1.165, 1.54) is 10.2 Å². The number of aromatic nitrogens is 5. The Kier molecular flexibility index (Phi) is 3.72. The Morgan fingerprint density at radius 3 is 2.79 bits per heavy atom. The van der Waals surface area contributed by atoms with Gasteiger partial charge in [-0.2, -0.15) is 5.10 Å². The number of aromatic amines is 1. The molecular formula is C17H22N6O. The molecular weight excluding hydrogens is 304 g/mol. The molecule has 24 heavy (non-hydrogen) atoms. The van der Waals surface area contributed by atoms with Gasteiger partial charge in [0.25, 0.3) is 5.56 Å². The third kappa shape index (κ3) is 2.75. The molecule has 0 bridgehead atoms. The summed E-state index contributed by atoms with van der Waals surface area (Å²) in [7, 11) is 1.98. The van der Waals surface area contributed by atoms with Gasteiger partial charge in [-0.1, -0.05) is 0 Å². The second kappa shape index (κ2) is 5.90. The van der Waals surface area contributed by atoms with Gasteiger partial charge >= 0.3 is 0 Å². The number of rotatable bonds is 3. The summed E-state index contributed by atoms with van der Waals surface area (Å²) in [6.07, 6.45) is 3.90. The highest BCUT2D eigenvalue weighted by atomic mass is 16.1. The van der Waals surface area contributed by atoms with Crippen LogP contribution in [0.5, 0.6) is 0 Å². The summed E-state index contributed by atoms with van der Waals surface area (Å²) in [5, 5.41) is 7.24. The van der Waals surface area contributed by atoms with Crippen molar-refractivity contribution in [2.75, 3.05) is 13.1 Å². The summed E-state index contributed by atoms with van der Waals surface area (Å²) < 4.78 is 3.44. The van der Waals surface area contributed by atoms with Crippen LogP contribution in [0.1, 0.15) is 35.8 Å². The first-order chi connectivity index (χ1) is 11.6. The monoisotopic (exact) mass is 326 g/mol. The number of piperidine rings is 1. The number of H-pyrrole nitrogens is 1. The topological polar surface area (TPSA) is 71.2 Å². The van der Waals surface area contributed by atoms with Crippen molar-refractivity contribution in [3.63, 3.8) is 0 Å². The van der Waals surface area contributed by atoms with E-state index in [0.717, 1.165) is 43.9 Å². The molecule has 1 N–H and O–H groups in total. The summed E-state index contributed by atoms with van der Waals surface area (Å²) in [5.74, 6) is 0.362. The van der Waals surface area contributed by atoms with Gasteiger partial charge in [0, 0.05) is 43.5 Å². The molecule has 0 amide bonds. The van der Waals surface area contributed by atoms with Gasteiger partial charge in [-0.3, -0.25) is 19.5 Å². The van der Waals surface area contributed by atoms with Crippen molar-refractivity contribution in [3.8, 4) is 0 Å². The van der Waals surface area contributed by atoms with E-state index in [0.29, 0.717) is 11.6 Å². The molecule has 0 aliphatic carbocycles. The molecule has 0 saturated carbocycles. The second-order valence-electron chi connectivity index (χ2n) is 6.65. The standard InChI is InChI=1S/C17H22N6O/c1-12-9-16-19-15(10-17(24)23(16)20-12)13-4-7-22(8-5-13)11-14-3-6-18-21(14)2/h3,6,9-10,13,20H,4-5,7-8,11H2,1-2H3. The third-order valence-corrected chi connectivity index (χ3v) is 4.91. The van der Waals surface area contributed by atoms with Crippen LogP contribution in [0.4, 0.5) is 0 Å². The molecule has 3 aromatic rings. The summed E-state index contributed by atoms with van der Waals surface area (Å²) >= 11 is 0. The molecule has 1 aliphatic heterocycles. The van der Waals surface area contributed by atoms with Crippen molar-refractivity contribution in [1.29, 1.82) is 0 Å². The summed E-state index contributed by atoms with van der Waals surface area (Å²) in [6.45, 7) is 4.90. The van der Waals surface area contributed by atoms with E-state index in [4.69, 9.17) is 4.98 Å². The molecule has 126 valence electrons. The molecule has 0 radical (unpaired) electrons. The van der Waals surface area contributed by atoms with E-state index in [9.17, 15) is 4.79 Å². The quantitative estimate of drug-likeness (QED) is 0.791. The molecule has 3 aromatic heterocycles. The van der Waals surface area contributed by atoms with Gasteiger partial charge in [-0.25, -0.2) is 9.50 Å². The van der Waals surface area contributed by atoms with Gasteiger partial charge in [0.2, 0.25) is 0 Å². The van der Waals surface area contributed by atoms with Gasteiger partial charge in [0.1, 0.15) is 0 Å². The normalized spacial score (nSPS) is 16.9. The summed E-state index contributed by atoms with van der Waals surface area (Å²) in [5.41, 5.74) is 3.80. The average molecular weight is 326 g/mol. The van der Waals surface area contributed by atoms with E-state index in [-0.39, 0.29) is 5.56 Å². The zero-order valence-electron chi connectivity index (χ0n) is 14.1. The summed E-state index contributed by atoms with van der Waals surface area (Å²) in [4.78, 5) is 19.4. The number of hydrogen-bond donors (Lipinski definition) is 1. The van der Waals surface area contributed by atoms with Crippen LogP contribution in [-0.4, -0.2) is 42.4 Å². The minimum absolute atomic E-state index is 0.0274. The Morgan fingerprint density at radius 1 is 1.29 bits per heavy atom. The van der Waals surface area contributed by atoms with Gasteiger partial charge in [0.05, 0.1) is 11.4 Å². The SMILES string of the molecule is Cc1cc2nc(C3CCN(Cc4ccnn4C)CC3)cc(=O)n2[nH]1. The Morgan fingerprint density at radius 2 is 2.08 bits per heavy atom. The zero-order chi connectivity index (χ0) is 16.7. The van der Waals surface area contributed by atoms with Crippen molar-refractivity contribution >= 4 is 5.65 Å². The van der Waals surface area contributed by atoms with Crippen LogP contribution >= 0.6 is 0 Å². The average Bonchev–Trinajstić information content (AvgIpc) is 3.14. The number of nitrogens with one attached hydrogen (secondary N) is 1. The lowest BCUT2D eigenvalue weighted by atomic mass is 9.93. The van der Waals surface area contributed by atoms with E-state index in [1.54, 1.807) is 6.07 Å². The number of fused-ring (bicyclic) bond motifs is 1. The van der Waals surface area contributed by atoms with Gasteiger partial charge in [-0.15, -0.1) is 0 Å². The number of nitrogens with zero attached hydrogens (tertiary/aromatic N) is 5. The Bertz CT molecular complexity index is 913. The minimum atomic E-state index is -0.0274. The maximum absolute atomic E-state index is 12.2. The third-order valence-electron chi connectivity index (χ3n) is 4.91. The molecule has 0 atom stereocenters. The largest absolute Gasteiger partial charge is 0.297 e. The Hall–Kier alpha value is -2.41. The zero-order valence-corrected chi connectivity index (χ0v) is 14.1. The highest BCUT2D eigenvalue weighted by Crippen LogP contribution is 2.27. The van der Waals surface area contributed by atoms with Crippen LogP contribution in [0.15, 0.2) is 29.2 Å². The molecule has 7 nitrogen and oxygen atoms in total. The summed E-state index contributed by atoms with van der Waals surface area (Å²) in [6, 6.07) is 5.67. The van der Waals surface area contributed by atoms with Crippen molar-refractivity contribution < 1.29 is 0 Å². The molecule has 1 saturated heterocycles. The van der Waals surface area contributed by atoms with E-state index >= 15 is 0 Å². The van der Waals surface area contributed by atoms with Gasteiger partial charge in [0.15, 0.2) is 5.65 Å². The van der Waals surface area contributed by atoms with Crippen molar-refractivity contribution in [3.05, 3.63) is 51.8 Å². The van der Waals surface area contributed by atoms with Crippen LogP contribution < -0.4 is 5.56 Å². The lowest BCUT2D eigenvalue weighted by Crippen LogP contribution is -2.33. The molecule has 4 heterocycles. The van der Waals surface area contributed by atoms with E-state index < -0.39 is 0 Å². The van der Waals surface area contributed by atoms with Gasteiger partial charge < -0.3 is 0 Å². The highest BCUT2D eigenvalue weighted by molar-refractivity contribution is 5.39. The molecule has 0 unspecified atom stereocenters. The van der Waals surface area contributed by atoms with Crippen LogP contribution in [0.3, 0.4) is 0 Å². The fraction of sp³-hybridized carbons (Fsp3) is 0.471. The molecule has 0 spiro atoms. The predicted octanol–water partition coefficient (Wildman–Crippen LogP) is 1.44. The highest BCUT2D eigenvalue weighted by Gasteiger charge is 2.23. The number of aryl methyl sites for hydroxylation is 2. The van der Waals surface area contributed by atoms with Crippen LogP contribution in [0, 0.1) is 6.92 Å². The first-order valence-electron chi connectivity index (χ1n) is 8.39. The number of likely N-dealkylation sites (tertiary alicyclic amines) is 1. The van der Waals surface area contributed by atoms with Gasteiger partial charge in [-0.05, 0) is 38.9 Å². The lowest BCUT2D eigenvalue weighted by molar-refractivity contribution is 0.199. The number of hydrogen-bond acceptors (Lipinski definition) is 4. The van der Waals surface area contributed by atoms with Crippen LogP contribution in [0.25, 0.3) is 5.65 Å². The van der Waals surface area contributed by atoms with E-state index in [2.05, 4.69) is 21.2 Å². The van der Waals surface area contributed by atoms with E-state index in [1.807, 2.05) is 30.9 Å². The molecule has 4 rings (SSSR count). The predicted molar refractivity (Wildman–Crippen MR) is 91.0 cm³/mol. The van der Waals surface area contributed by atoms with Crippen LogP contribution in [0.2, 0.25) is 0 Å². The lowest BCUT2D eigenvalue weighted by Gasteiger charge is -2.31.